The number of fused-ring (bicyclic) bond motifs is 1. The lowest BCUT2D eigenvalue weighted by Gasteiger charge is -2.51. The van der Waals surface area contributed by atoms with Gasteiger partial charge in [0.05, 0.1) is 17.9 Å². The van der Waals surface area contributed by atoms with Crippen LogP contribution in [0, 0.1) is 17.3 Å². The number of halogens is 6. The van der Waals surface area contributed by atoms with Crippen molar-refractivity contribution in [3.8, 4) is 5.75 Å². The monoisotopic (exact) mass is 531 g/mol. The highest BCUT2D eigenvalue weighted by molar-refractivity contribution is 5.89. The van der Waals surface area contributed by atoms with Crippen LogP contribution in [0.2, 0.25) is 0 Å². The highest BCUT2D eigenvalue weighted by atomic mass is 19.4. The predicted octanol–water partition coefficient (Wildman–Crippen LogP) is 7.51. The number of ether oxygens (including phenoxy) is 1. The lowest BCUT2D eigenvalue weighted by atomic mass is 9.58. The first-order valence-corrected chi connectivity index (χ1v) is 12.4. The lowest BCUT2D eigenvalue weighted by Crippen LogP contribution is -2.59. The summed E-state index contributed by atoms with van der Waals surface area (Å²) in [6, 6.07) is 7.11. The molecule has 0 aromatic heterocycles. The Kier molecular flexibility index (Phi) is 7.20. The fraction of sp³-hybridized carbons (Fsp3) is 0.593. The molecule has 204 valence electrons. The molecule has 0 saturated heterocycles. The largest absolute Gasteiger partial charge is 0.490 e. The topological polar surface area (TPSA) is 58.6 Å². The second kappa shape index (κ2) is 9.67. The van der Waals surface area contributed by atoms with Gasteiger partial charge in [0.2, 0.25) is 0 Å². The van der Waals surface area contributed by atoms with E-state index in [1.807, 2.05) is 20.8 Å². The number of carboxylic acids is 1. The summed E-state index contributed by atoms with van der Waals surface area (Å²) < 4.78 is 87.4. The zero-order chi connectivity index (χ0) is 27.3. The molecule has 0 aliphatic heterocycles. The van der Waals surface area contributed by atoms with E-state index in [0.717, 1.165) is 0 Å². The van der Waals surface area contributed by atoms with Crippen LogP contribution in [-0.4, -0.2) is 29.4 Å². The second-order valence-electron chi connectivity index (χ2n) is 10.9. The number of rotatable bonds is 6. The maximum atomic E-state index is 14.3. The lowest BCUT2D eigenvalue weighted by molar-refractivity contribution is -0.185. The van der Waals surface area contributed by atoms with Crippen LogP contribution in [0.4, 0.5) is 26.3 Å². The molecule has 2 fully saturated rings. The van der Waals surface area contributed by atoms with Gasteiger partial charge in [0.1, 0.15) is 11.3 Å². The van der Waals surface area contributed by atoms with E-state index < -0.39 is 47.2 Å². The smallest absolute Gasteiger partial charge is 0.420 e. The van der Waals surface area contributed by atoms with Gasteiger partial charge in [0.15, 0.2) is 0 Å². The van der Waals surface area contributed by atoms with Gasteiger partial charge >= 0.3 is 18.3 Å². The Bertz CT molecular complexity index is 1150. The van der Waals surface area contributed by atoms with Gasteiger partial charge in [-0.2, -0.15) is 26.3 Å². The van der Waals surface area contributed by atoms with Gasteiger partial charge < -0.3 is 15.2 Å². The first-order chi connectivity index (χ1) is 17.1. The third-order valence-corrected chi connectivity index (χ3v) is 8.24. The SMILES string of the molecule is C[C@@H](N[C@@H]1C[C@@H](C(=O)O)C1(C)C)c1ccc2ccc(OC3CCC(C(F)(F)F)CC3)c(C(F)(F)F)c2c1. The van der Waals surface area contributed by atoms with E-state index in [1.54, 1.807) is 12.1 Å². The minimum Gasteiger partial charge on any atom is -0.490 e. The molecule has 0 radical (unpaired) electrons. The molecule has 2 aromatic rings. The highest BCUT2D eigenvalue weighted by Crippen LogP contribution is 2.48. The Morgan fingerprint density at radius 3 is 2.22 bits per heavy atom. The number of carboxylic acid groups (broad SMARTS) is 1. The van der Waals surface area contributed by atoms with Gasteiger partial charge in [-0.05, 0) is 72.9 Å². The molecule has 2 N–H and O–H groups in total. The molecular weight excluding hydrogens is 500 g/mol. The molecule has 0 amide bonds. The first kappa shape index (κ1) is 27.5. The van der Waals surface area contributed by atoms with Gasteiger partial charge in [0.25, 0.3) is 0 Å². The minimum absolute atomic E-state index is 0.0367. The Labute approximate surface area is 211 Å². The summed E-state index contributed by atoms with van der Waals surface area (Å²) in [5.41, 5.74) is -0.831. The predicted molar refractivity (Wildman–Crippen MR) is 126 cm³/mol. The number of benzene rings is 2. The normalized spacial score (nSPS) is 26.9. The molecule has 4 rings (SSSR count). The molecule has 2 aliphatic carbocycles. The van der Waals surface area contributed by atoms with E-state index in [2.05, 4.69) is 5.32 Å². The van der Waals surface area contributed by atoms with E-state index in [4.69, 9.17) is 4.74 Å². The number of carbonyl (C=O) groups is 1. The molecular formula is C27H31F6NO3. The number of hydrogen-bond acceptors (Lipinski definition) is 3. The van der Waals surface area contributed by atoms with E-state index in [9.17, 15) is 36.2 Å². The second-order valence-corrected chi connectivity index (χ2v) is 10.9. The van der Waals surface area contributed by atoms with Crippen molar-refractivity contribution in [3.05, 3.63) is 41.5 Å². The molecule has 0 spiro atoms. The molecule has 2 aliphatic rings. The summed E-state index contributed by atoms with van der Waals surface area (Å²) in [5.74, 6) is -3.18. The molecule has 0 unspecified atom stereocenters. The summed E-state index contributed by atoms with van der Waals surface area (Å²) in [4.78, 5) is 11.4. The average molecular weight is 532 g/mol. The van der Waals surface area contributed by atoms with Crippen molar-refractivity contribution in [1.29, 1.82) is 0 Å². The molecule has 10 heteroatoms. The van der Waals surface area contributed by atoms with Crippen LogP contribution in [0.25, 0.3) is 10.8 Å². The van der Waals surface area contributed by atoms with Crippen LogP contribution in [0.5, 0.6) is 5.75 Å². The van der Waals surface area contributed by atoms with Crippen LogP contribution in [-0.2, 0) is 11.0 Å². The number of alkyl halides is 6. The van der Waals surface area contributed by atoms with E-state index >= 15 is 0 Å². The maximum absolute atomic E-state index is 14.3. The van der Waals surface area contributed by atoms with Crippen molar-refractivity contribution in [2.75, 3.05) is 0 Å². The summed E-state index contributed by atoms with van der Waals surface area (Å²) in [7, 11) is 0. The van der Waals surface area contributed by atoms with Crippen LogP contribution in [0.1, 0.15) is 70.0 Å². The molecule has 0 heterocycles. The van der Waals surface area contributed by atoms with Gasteiger partial charge in [-0.25, -0.2) is 0 Å². The van der Waals surface area contributed by atoms with Gasteiger partial charge in [0, 0.05) is 12.1 Å². The van der Waals surface area contributed by atoms with Gasteiger partial charge in [-0.3, -0.25) is 4.79 Å². The van der Waals surface area contributed by atoms with Crippen LogP contribution >= 0.6 is 0 Å². The Morgan fingerprint density at radius 1 is 1.05 bits per heavy atom. The van der Waals surface area contributed by atoms with Crippen LogP contribution in [0.3, 0.4) is 0 Å². The summed E-state index contributed by atoms with van der Waals surface area (Å²) in [6.45, 7) is 5.53. The minimum atomic E-state index is -4.74. The fourth-order valence-corrected chi connectivity index (χ4v) is 5.69. The third kappa shape index (κ3) is 5.54. The van der Waals surface area contributed by atoms with E-state index in [1.165, 1.54) is 18.2 Å². The Balaban J connectivity index is 1.58. The summed E-state index contributed by atoms with van der Waals surface area (Å²) in [6.07, 6.45) is -9.60. The fourth-order valence-electron chi connectivity index (χ4n) is 5.69. The van der Waals surface area contributed by atoms with Crippen molar-refractivity contribution in [2.24, 2.45) is 17.3 Å². The zero-order valence-electron chi connectivity index (χ0n) is 20.8. The van der Waals surface area contributed by atoms with Gasteiger partial charge in [-0.15, -0.1) is 0 Å². The number of hydrogen-bond donors (Lipinski definition) is 2. The molecule has 2 saturated carbocycles. The van der Waals surface area contributed by atoms with Crippen molar-refractivity contribution < 1.29 is 41.0 Å². The van der Waals surface area contributed by atoms with Crippen molar-refractivity contribution in [3.63, 3.8) is 0 Å². The molecule has 4 nitrogen and oxygen atoms in total. The van der Waals surface area contributed by atoms with Gasteiger partial charge in [-0.1, -0.05) is 32.0 Å². The Morgan fingerprint density at radius 2 is 1.68 bits per heavy atom. The molecule has 2 aromatic carbocycles. The van der Waals surface area contributed by atoms with Crippen LogP contribution in [0.15, 0.2) is 30.3 Å². The van der Waals surface area contributed by atoms with Crippen LogP contribution < -0.4 is 10.1 Å². The molecule has 3 atom stereocenters. The number of nitrogens with one attached hydrogen (secondary N) is 1. The van der Waals surface area contributed by atoms with E-state index in [-0.39, 0.29) is 48.9 Å². The maximum Gasteiger partial charge on any atom is 0.420 e. The van der Waals surface area contributed by atoms with Crippen molar-refractivity contribution in [2.45, 2.75) is 83.4 Å². The number of aliphatic carboxylic acids is 1. The Hall–Kier alpha value is -2.49. The summed E-state index contributed by atoms with van der Waals surface area (Å²) in [5, 5.41) is 13.0. The van der Waals surface area contributed by atoms with Crippen molar-refractivity contribution >= 4 is 16.7 Å². The molecule has 37 heavy (non-hydrogen) atoms. The van der Waals surface area contributed by atoms with Crippen molar-refractivity contribution in [1.82, 2.24) is 5.32 Å². The zero-order valence-corrected chi connectivity index (χ0v) is 20.8. The molecule has 0 bridgehead atoms. The highest BCUT2D eigenvalue weighted by Gasteiger charge is 2.52. The summed E-state index contributed by atoms with van der Waals surface area (Å²) >= 11 is 0. The standard InChI is InChI=1S/C27H31F6NO3/c1-14(34-22-13-20(24(35)36)25(22,2)3)16-5-4-15-6-11-21(23(19(15)12-16)27(31,32)33)37-18-9-7-17(8-10-18)26(28,29)30/h4-6,11-12,14,17-18,20,22,34H,7-10,13H2,1-3H3,(H,35,36)/t14-,17?,18?,20+,22-/m1/s1. The first-order valence-electron chi connectivity index (χ1n) is 12.4. The average Bonchev–Trinajstić information content (AvgIpc) is 2.79. The third-order valence-electron chi connectivity index (χ3n) is 8.24. The quantitative estimate of drug-likeness (QED) is 0.379. The van der Waals surface area contributed by atoms with E-state index in [0.29, 0.717) is 17.4 Å².